The maximum absolute atomic E-state index is 12.4. The summed E-state index contributed by atoms with van der Waals surface area (Å²) in [7, 11) is 0. The summed E-state index contributed by atoms with van der Waals surface area (Å²) in [6.45, 7) is 3.64. The molecule has 0 radical (unpaired) electrons. The summed E-state index contributed by atoms with van der Waals surface area (Å²) in [5.41, 5.74) is 1.26. The van der Waals surface area contributed by atoms with E-state index in [0.717, 1.165) is 30.8 Å². The Bertz CT molecular complexity index is 624. The zero-order chi connectivity index (χ0) is 14.8. The Balaban J connectivity index is 1.62. The molecule has 1 amide bonds. The molecule has 21 heavy (non-hydrogen) atoms. The second-order valence-electron chi connectivity index (χ2n) is 5.57. The Labute approximate surface area is 128 Å². The second-order valence-corrected chi connectivity index (χ2v) is 6.86. The van der Waals surface area contributed by atoms with Gasteiger partial charge in [0.15, 0.2) is 0 Å². The predicted octanol–water partition coefficient (Wildman–Crippen LogP) is 3.78. The largest absolute Gasteiger partial charge is 0.508 e. The number of hydrogen-bond donors (Lipinski definition) is 1. The van der Waals surface area contributed by atoms with Crippen molar-refractivity contribution in [1.82, 2.24) is 4.90 Å². The Hall–Kier alpha value is -1.81. The molecular weight excluding hydrogens is 282 g/mol. The molecule has 1 aromatic carbocycles. The number of carbonyl (C=O) groups excluding carboxylic acids is 1. The van der Waals surface area contributed by atoms with Crippen molar-refractivity contribution >= 4 is 17.2 Å². The first kappa shape index (κ1) is 14.1. The SMILES string of the molecule is Cc1ccc(C(=O)N2CCC(c3ccc(O)cc3)CC2)s1. The molecule has 3 nitrogen and oxygen atoms in total. The summed E-state index contributed by atoms with van der Waals surface area (Å²) in [6.07, 6.45) is 1.97. The molecule has 0 unspecified atom stereocenters. The highest BCUT2D eigenvalue weighted by atomic mass is 32.1. The van der Waals surface area contributed by atoms with E-state index in [-0.39, 0.29) is 5.91 Å². The molecule has 1 N–H and O–H groups in total. The molecule has 2 aromatic rings. The van der Waals surface area contributed by atoms with E-state index in [2.05, 4.69) is 0 Å². The molecule has 0 aliphatic carbocycles. The number of aryl methyl sites for hydroxylation is 1. The number of amides is 1. The minimum atomic E-state index is 0.164. The van der Waals surface area contributed by atoms with Crippen LogP contribution in [0.25, 0.3) is 0 Å². The second kappa shape index (κ2) is 5.90. The Kier molecular flexibility index (Phi) is 3.97. The first-order chi connectivity index (χ1) is 10.1. The number of piperidine rings is 1. The van der Waals surface area contributed by atoms with Crippen LogP contribution in [0.15, 0.2) is 36.4 Å². The van der Waals surface area contributed by atoms with Gasteiger partial charge in [-0.05, 0) is 55.5 Å². The third kappa shape index (κ3) is 3.10. The molecule has 0 bridgehead atoms. The van der Waals surface area contributed by atoms with Crippen molar-refractivity contribution in [3.8, 4) is 5.75 Å². The van der Waals surface area contributed by atoms with Gasteiger partial charge in [0.25, 0.3) is 5.91 Å². The van der Waals surface area contributed by atoms with Gasteiger partial charge in [-0.3, -0.25) is 4.79 Å². The number of hydrogen-bond acceptors (Lipinski definition) is 3. The fourth-order valence-corrected chi connectivity index (χ4v) is 3.70. The maximum Gasteiger partial charge on any atom is 0.263 e. The first-order valence-electron chi connectivity index (χ1n) is 7.28. The number of carbonyl (C=O) groups is 1. The van der Waals surface area contributed by atoms with Crippen LogP contribution in [0.2, 0.25) is 0 Å². The third-order valence-electron chi connectivity index (χ3n) is 4.10. The molecular formula is C17H19NO2S. The van der Waals surface area contributed by atoms with Gasteiger partial charge < -0.3 is 10.0 Å². The lowest BCUT2D eigenvalue weighted by molar-refractivity contribution is 0.0718. The highest BCUT2D eigenvalue weighted by molar-refractivity contribution is 7.13. The lowest BCUT2D eigenvalue weighted by Gasteiger charge is -2.32. The molecule has 1 fully saturated rings. The van der Waals surface area contributed by atoms with Gasteiger partial charge in [-0.1, -0.05) is 12.1 Å². The van der Waals surface area contributed by atoms with Crippen LogP contribution in [0.5, 0.6) is 5.75 Å². The summed E-state index contributed by atoms with van der Waals surface area (Å²) in [4.78, 5) is 16.4. The van der Waals surface area contributed by atoms with Gasteiger partial charge in [0.2, 0.25) is 0 Å². The number of benzene rings is 1. The summed E-state index contributed by atoms with van der Waals surface area (Å²) in [6, 6.07) is 11.4. The predicted molar refractivity (Wildman–Crippen MR) is 85.0 cm³/mol. The lowest BCUT2D eigenvalue weighted by atomic mass is 9.89. The summed E-state index contributed by atoms with van der Waals surface area (Å²) >= 11 is 1.57. The Morgan fingerprint density at radius 1 is 1.14 bits per heavy atom. The normalized spacial score (nSPS) is 16.1. The number of aromatic hydroxyl groups is 1. The third-order valence-corrected chi connectivity index (χ3v) is 5.09. The van der Waals surface area contributed by atoms with Gasteiger partial charge in [0, 0.05) is 18.0 Å². The fourth-order valence-electron chi connectivity index (χ4n) is 2.87. The van der Waals surface area contributed by atoms with Gasteiger partial charge in [0.1, 0.15) is 5.75 Å². The minimum absolute atomic E-state index is 0.164. The van der Waals surface area contributed by atoms with Crippen molar-refractivity contribution in [2.75, 3.05) is 13.1 Å². The van der Waals surface area contributed by atoms with Crippen molar-refractivity contribution < 1.29 is 9.90 Å². The van der Waals surface area contributed by atoms with Crippen molar-refractivity contribution in [2.45, 2.75) is 25.7 Å². The highest BCUT2D eigenvalue weighted by Crippen LogP contribution is 2.30. The van der Waals surface area contributed by atoms with Crippen LogP contribution in [0.3, 0.4) is 0 Å². The molecule has 0 atom stereocenters. The van der Waals surface area contributed by atoms with Crippen LogP contribution in [0.4, 0.5) is 0 Å². The average Bonchev–Trinajstić information content (AvgIpc) is 2.94. The lowest BCUT2D eigenvalue weighted by Crippen LogP contribution is -2.37. The monoisotopic (exact) mass is 301 g/mol. The molecule has 4 heteroatoms. The van der Waals surface area contributed by atoms with Crippen LogP contribution in [-0.4, -0.2) is 29.0 Å². The average molecular weight is 301 g/mol. The van der Waals surface area contributed by atoms with Gasteiger partial charge in [-0.2, -0.15) is 0 Å². The van der Waals surface area contributed by atoms with E-state index in [9.17, 15) is 9.90 Å². The van der Waals surface area contributed by atoms with Crippen LogP contribution >= 0.6 is 11.3 Å². The molecule has 0 saturated carbocycles. The number of rotatable bonds is 2. The van der Waals surface area contributed by atoms with E-state index in [1.807, 2.05) is 36.1 Å². The standard InChI is InChI=1S/C17H19NO2S/c1-12-2-7-16(21-12)17(20)18-10-8-14(9-11-18)13-3-5-15(19)6-4-13/h2-7,14,19H,8-11H2,1H3. The molecule has 1 aromatic heterocycles. The van der Waals surface area contributed by atoms with E-state index in [1.54, 1.807) is 23.5 Å². The topological polar surface area (TPSA) is 40.5 Å². The van der Waals surface area contributed by atoms with E-state index < -0.39 is 0 Å². The number of phenolic OH excluding ortho intramolecular Hbond substituents is 1. The molecule has 2 heterocycles. The first-order valence-corrected chi connectivity index (χ1v) is 8.10. The van der Waals surface area contributed by atoms with Crippen LogP contribution < -0.4 is 0 Å². The van der Waals surface area contributed by atoms with Crippen molar-refractivity contribution in [1.29, 1.82) is 0 Å². The number of thiophene rings is 1. The number of nitrogens with zero attached hydrogens (tertiary/aromatic N) is 1. The van der Waals surface area contributed by atoms with Gasteiger partial charge >= 0.3 is 0 Å². The van der Waals surface area contributed by atoms with Crippen LogP contribution in [-0.2, 0) is 0 Å². The van der Waals surface area contributed by atoms with Crippen molar-refractivity contribution in [3.63, 3.8) is 0 Å². The van der Waals surface area contributed by atoms with E-state index in [0.29, 0.717) is 11.7 Å². The zero-order valence-electron chi connectivity index (χ0n) is 12.1. The fraction of sp³-hybridized carbons (Fsp3) is 0.353. The molecule has 0 spiro atoms. The summed E-state index contributed by atoms with van der Waals surface area (Å²) in [5.74, 6) is 0.955. The number of phenols is 1. The molecule has 110 valence electrons. The molecule has 1 aliphatic heterocycles. The van der Waals surface area contributed by atoms with E-state index >= 15 is 0 Å². The highest BCUT2D eigenvalue weighted by Gasteiger charge is 2.25. The van der Waals surface area contributed by atoms with Crippen LogP contribution in [0, 0.1) is 6.92 Å². The van der Waals surface area contributed by atoms with Crippen LogP contribution in [0.1, 0.15) is 38.9 Å². The smallest absolute Gasteiger partial charge is 0.263 e. The Morgan fingerprint density at radius 2 is 1.81 bits per heavy atom. The van der Waals surface area contributed by atoms with Gasteiger partial charge in [0.05, 0.1) is 4.88 Å². The van der Waals surface area contributed by atoms with E-state index in [4.69, 9.17) is 0 Å². The molecule has 1 saturated heterocycles. The van der Waals surface area contributed by atoms with Gasteiger partial charge in [-0.25, -0.2) is 0 Å². The summed E-state index contributed by atoms with van der Waals surface area (Å²) < 4.78 is 0. The van der Waals surface area contributed by atoms with Crippen molar-refractivity contribution in [3.05, 3.63) is 51.7 Å². The number of likely N-dealkylation sites (tertiary alicyclic amines) is 1. The quantitative estimate of drug-likeness (QED) is 0.917. The summed E-state index contributed by atoms with van der Waals surface area (Å²) in [5, 5.41) is 9.35. The van der Waals surface area contributed by atoms with Gasteiger partial charge in [-0.15, -0.1) is 11.3 Å². The Morgan fingerprint density at radius 3 is 2.38 bits per heavy atom. The molecule has 1 aliphatic rings. The minimum Gasteiger partial charge on any atom is -0.508 e. The van der Waals surface area contributed by atoms with Crippen molar-refractivity contribution in [2.24, 2.45) is 0 Å². The zero-order valence-corrected chi connectivity index (χ0v) is 12.9. The molecule has 3 rings (SSSR count). The maximum atomic E-state index is 12.4. The van der Waals surface area contributed by atoms with E-state index in [1.165, 1.54) is 10.4 Å².